The van der Waals surface area contributed by atoms with Crippen LogP contribution < -0.4 is 15.7 Å². The van der Waals surface area contributed by atoms with Gasteiger partial charge < -0.3 is 9.30 Å². The molecule has 1 amide bonds. The first-order valence-electron chi connectivity index (χ1n) is 10.1. The molecule has 31 heavy (non-hydrogen) atoms. The largest absolute Gasteiger partial charge is 0.494 e. The standard InChI is InChI=1S/C24H24ClN3O3/c1-2-3-15-31-21-12-8-18(9-13-21)16-26-27-23(29)22-5-4-14-28(24(22)30)17-19-6-10-20(25)11-7-19/h4-14,16H,2-3,15,17H2,1H3,(H,27,29)/b26-16-. The minimum absolute atomic E-state index is 0.0216. The molecule has 3 aromatic rings. The molecule has 0 fully saturated rings. The van der Waals surface area contributed by atoms with E-state index in [9.17, 15) is 9.59 Å². The normalized spacial score (nSPS) is 10.9. The van der Waals surface area contributed by atoms with E-state index >= 15 is 0 Å². The molecular weight excluding hydrogens is 414 g/mol. The van der Waals surface area contributed by atoms with Gasteiger partial charge in [0.1, 0.15) is 11.3 Å². The number of halogens is 1. The Morgan fingerprint density at radius 3 is 2.58 bits per heavy atom. The van der Waals surface area contributed by atoms with Gasteiger partial charge in [0, 0.05) is 11.2 Å². The zero-order chi connectivity index (χ0) is 22.1. The number of ether oxygens (including phenoxy) is 1. The number of hydrazone groups is 1. The lowest BCUT2D eigenvalue weighted by Crippen LogP contribution is -2.30. The number of nitrogens with one attached hydrogen (secondary N) is 1. The molecule has 0 unspecified atom stereocenters. The van der Waals surface area contributed by atoms with Crippen LogP contribution >= 0.6 is 11.6 Å². The van der Waals surface area contributed by atoms with Crippen LogP contribution in [0.4, 0.5) is 0 Å². The van der Waals surface area contributed by atoms with Gasteiger partial charge in [-0.3, -0.25) is 9.59 Å². The Labute approximate surface area is 186 Å². The van der Waals surface area contributed by atoms with Gasteiger partial charge in [0.05, 0.1) is 19.4 Å². The Hall–Kier alpha value is -3.38. The molecule has 160 valence electrons. The van der Waals surface area contributed by atoms with Crippen LogP contribution in [0.25, 0.3) is 0 Å². The first kappa shape index (κ1) is 22.3. The van der Waals surface area contributed by atoms with Crippen LogP contribution in [-0.2, 0) is 6.54 Å². The van der Waals surface area contributed by atoms with Gasteiger partial charge in [-0.25, -0.2) is 5.43 Å². The number of hydrogen-bond donors (Lipinski definition) is 1. The number of rotatable bonds is 9. The zero-order valence-electron chi connectivity index (χ0n) is 17.3. The molecule has 0 atom stereocenters. The van der Waals surface area contributed by atoms with E-state index < -0.39 is 11.5 Å². The Bertz CT molecular complexity index is 1090. The second kappa shape index (κ2) is 11.1. The highest BCUT2D eigenvalue weighted by atomic mass is 35.5. The SMILES string of the molecule is CCCCOc1ccc(/C=N\NC(=O)c2cccn(Cc3ccc(Cl)cc3)c2=O)cc1. The summed E-state index contributed by atoms with van der Waals surface area (Å²) in [5, 5.41) is 4.58. The quantitative estimate of drug-likeness (QED) is 0.304. The number of pyridine rings is 1. The summed E-state index contributed by atoms with van der Waals surface area (Å²) in [6.45, 7) is 3.14. The van der Waals surface area contributed by atoms with Crippen molar-refractivity contribution in [2.24, 2.45) is 5.10 Å². The molecule has 3 rings (SSSR count). The number of carbonyl (C=O) groups excluding carboxylic acids is 1. The maximum Gasteiger partial charge on any atom is 0.276 e. The number of nitrogens with zero attached hydrogens (tertiary/aromatic N) is 2. The molecule has 0 saturated carbocycles. The summed E-state index contributed by atoms with van der Waals surface area (Å²) in [6, 6.07) is 17.7. The second-order valence-corrected chi connectivity index (χ2v) is 7.39. The molecule has 0 aliphatic carbocycles. The van der Waals surface area contributed by atoms with Crippen molar-refractivity contribution in [2.75, 3.05) is 6.61 Å². The fraction of sp³-hybridized carbons (Fsp3) is 0.208. The van der Waals surface area contributed by atoms with E-state index in [1.165, 1.54) is 16.8 Å². The molecule has 7 heteroatoms. The smallest absolute Gasteiger partial charge is 0.276 e. The van der Waals surface area contributed by atoms with Crippen LogP contribution in [0.3, 0.4) is 0 Å². The highest BCUT2D eigenvalue weighted by Gasteiger charge is 2.11. The van der Waals surface area contributed by atoms with Crippen molar-refractivity contribution >= 4 is 23.7 Å². The summed E-state index contributed by atoms with van der Waals surface area (Å²) < 4.78 is 7.09. The van der Waals surface area contributed by atoms with E-state index in [1.54, 1.807) is 24.4 Å². The lowest BCUT2D eigenvalue weighted by molar-refractivity contribution is 0.0953. The van der Waals surface area contributed by atoms with Gasteiger partial charge >= 0.3 is 0 Å². The maximum absolute atomic E-state index is 12.7. The fourth-order valence-electron chi connectivity index (χ4n) is 2.83. The fourth-order valence-corrected chi connectivity index (χ4v) is 2.96. The van der Waals surface area contributed by atoms with Gasteiger partial charge in [0.25, 0.3) is 11.5 Å². The third-order valence-electron chi connectivity index (χ3n) is 4.56. The van der Waals surface area contributed by atoms with Crippen LogP contribution in [0.15, 0.2) is 76.8 Å². The van der Waals surface area contributed by atoms with E-state index in [-0.39, 0.29) is 5.56 Å². The molecule has 1 aromatic heterocycles. The Balaban J connectivity index is 1.61. The van der Waals surface area contributed by atoms with Crippen molar-refractivity contribution in [2.45, 2.75) is 26.3 Å². The van der Waals surface area contributed by atoms with Gasteiger partial charge in [0.15, 0.2) is 0 Å². The summed E-state index contributed by atoms with van der Waals surface area (Å²) in [5.41, 5.74) is 3.75. The van der Waals surface area contributed by atoms with Crippen molar-refractivity contribution < 1.29 is 9.53 Å². The minimum atomic E-state index is -0.564. The first-order chi connectivity index (χ1) is 15.1. The van der Waals surface area contributed by atoms with Gasteiger partial charge in [0.2, 0.25) is 0 Å². The Morgan fingerprint density at radius 1 is 1.13 bits per heavy atom. The highest BCUT2D eigenvalue weighted by molar-refractivity contribution is 6.30. The molecular formula is C24H24ClN3O3. The van der Waals surface area contributed by atoms with E-state index in [4.69, 9.17) is 16.3 Å². The van der Waals surface area contributed by atoms with E-state index in [0.717, 1.165) is 29.7 Å². The number of hydrogen-bond acceptors (Lipinski definition) is 4. The molecule has 6 nitrogen and oxygen atoms in total. The third kappa shape index (κ3) is 6.55. The molecule has 0 aliphatic heterocycles. The number of amides is 1. The van der Waals surface area contributed by atoms with Crippen LogP contribution in [0.1, 0.15) is 41.3 Å². The monoisotopic (exact) mass is 437 g/mol. The molecule has 2 aromatic carbocycles. The van der Waals surface area contributed by atoms with Crippen molar-refractivity contribution in [3.8, 4) is 5.75 Å². The van der Waals surface area contributed by atoms with Crippen molar-refractivity contribution in [3.63, 3.8) is 0 Å². The zero-order valence-corrected chi connectivity index (χ0v) is 18.0. The number of carbonyl (C=O) groups is 1. The molecule has 0 spiro atoms. The predicted octanol–water partition coefficient (Wildman–Crippen LogP) is 4.49. The maximum atomic E-state index is 12.7. The Morgan fingerprint density at radius 2 is 1.87 bits per heavy atom. The van der Waals surface area contributed by atoms with Crippen LogP contribution in [-0.4, -0.2) is 23.3 Å². The van der Waals surface area contributed by atoms with Crippen molar-refractivity contribution in [3.05, 3.63) is 98.9 Å². The van der Waals surface area contributed by atoms with Gasteiger partial charge in [-0.2, -0.15) is 5.10 Å². The summed E-state index contributed by atoms with van der Waals surface area (Å²) in [6.07, 6.45) is 5.25. The van der Waals surface area contributed by atoms with Gasteiger partial charge in [-0.05, 0) is 66.1 Å². The molecule has 0 saturated heterocycles. The number of aromatic nitrogens is 1. The van der Waals surface area contributed by atoms with E-state index in [0.29, 0.717) is 18.2 Å². The highest BCUT2D eigenvalue weighted by Crippen LogP contribution is 2.12. The van der Waals surface area contributed by atoms with Crippen LogP contribution in [0.2, 0.25) is 5.02 Å². The van der Waals surface area contributed by atoms with Gasteiger partial charge in [-0.15, -0.1) is 0 Å². The average Bonchev–Trinajstić information content (AvgIpc) is 2.78. The number of unbranched alkanes of at least 4 members (excludes halogenated alkanes) is 1. The topological polar surface area (TPSA) is 72.7 Å². The predicted molar refractivity (Wildman–Crippen MR) is 123 cm³/mol. The molecule has 0 radical (unpaired) electrons. The summed E-state index contributed by atoms with van der Waals surface area (Å²) in [4.78, 5) is 25.1. The second-order valence-electron chi connectivity index (χ2n) is 6.95. The summed E-state index contributed by atoms with van der Waals surface area (Å²) >= 11 is 5.90. The van der Waals surface area contributed by atoms with Crippen LogP contribution in [0.5, 0.6) is 5.75 Å². The molecule has 1 heterocycles. The Kier molecular flexibility index (Phi) is 8.01. The summed E-state index contributed by atoms with van der Waals surface area (Å²) in [7, 11) is 0. The molecule has 0 bridgehead atoms. The average molecular weight is 438 g/mol. The van der Waals surface area contributed by atoms with E-state index in [1.807, 2.05) is 36.4 Å². The van der Waals surface area contributed by atoms with E-state index in [2.05, 4.69) is 17.5 Å². The van der Waals surface area contributed by atoms with Crippen LogP contribution in [0, 0.1) is 0 Å². The lowest BCUT2D eigenvalue weighted by atomic mass is 10.2. The van der Waals surface area contributed by atoms with Crippen molar-refractivity contribution in [1.82, 2.24) is 9.99 Å². The summed E-state index contributed by atoms with van der Waals surface area (Å²) in [5.74, 6) is 0.228. The third-order valence-corrected chi connectivity index (χ3v) is 4.81. The number of benzene rings is 2. The lowest BCUT2D eigenvalue weighted by Gasteiger charge is -2.08. The first-order valence-corrected chi connectivity index (χ1v) is 10.4. The van der Waals surface area contributed by atoms with Gasteiger partial charge in [-0.1, -0.05) is 37.1 Å². The van der Waals surface area contributed by atoms with Crippen molar-refractivity contribution in [1.29, 1.82) is 0 Å². The molecule has 1 N–H and O–H groups in total. The molecule has 0 aliphatic rings. The minimum Gasteiger partial charge on any atom is -0.494 e.